The minimum Gasteiger partial charge on any atom is -0.480 e. The van der Waals surface area contributed by atoms with E-state index in [1.54, 1.807) is 59.5 Å². The van der Waals surface area contributed by atoms with E-state index in [9.17, 15) is 19.5 Å². The van der Waals surface area contributed by atoms with Gasteiger partial charge in [0, 0.05) is 29.6 Å². The fourth-order valence-electron chi connectivity index (χ4n) is 4.06. The zero-order valence-electron chi connectivity index (χ0n) is 16.5. The number of hydrogen-bond acceptors (Lipinski definition) is 5. The van der Waals surface area contributed by atoms with Gasteiger partial charge in [-0.05, 0) is 43.2 Å². The minimum absolute atomic E-state index is 0.0767. The monoisotopic (exact) mass is 408 g/mol. The van der Waals surface area contributed by atoms with Crippen molar-refractivity contribution < 1.29 is 19.5 Å². The lowest BCUT2D eigenvalue weighted by Gasteiger charge is -2.35. The molecule has 0 spiro atoms. The molecule has 3 rings (SSSR count). The van der Waals surface area contributed by atoms with Crippen LogP contribution >= 0.6 is 0 Å². The van der Waals surface area contributed by atoms with E-state index in [1.807, 2.05) is 0 Å². The Morgan fingerprint density at radius 1 is 1.17 bits per heavy atom. The van der Waals surface area contributed by atoms with Crippen molar-refractivity contribution >= 4 is 29.2 Å². The third kappa shape index (κ3) is 3.57. The average molecular weight is 408 g/mol. The van der Waals surface area contributed by atoms with Crippen LogP contribution in [0.3, 0.4) is 0 Å². The fourth-order valence-corrected chi connectivity index (χ4v) is 4.06. The summed E-state index contributed by atoms with van der Waals surface area (Å²) < 4.78 is 0. The number of nitrogen functional groups attached to an aromatic ring is 1. The Balaban J connectivity index is 2.01. The molecule has 8 nitrogen and oxygen atoms in total. The van der Waals surface area contributed by atoms with Crippen molar-refractivity contribution in [3.05, 3.63) is 65.7 Å². The summed E-state index contributed by atoms with van der Waals surface area (Å²) in [7, 11) is 0. The number of carboxylic acid groups (broad SMARTS) is 1. The number of carbonyl (C=O) groups is 3. The van der Waals surface area contributed by atoms with Crippen molar-refractivity contribution in [3.63, 3.8) is 0 Å². The number of hydrogen-bond donors (Lipinski definition) is 4. The van der Waals surface area contributed by atoms with Crippen LogP contribution in [-0.4, -0.2) is 40.7 Å². The molecule has 0 aromatic heterocycles. The average Bonchev–Trinajstić information content (AvgIpc) is 3.09. The van der Waals surface area contributed by atoms with Crippen LogP contribution in [0.4, 0.5) is 5.69 Å². The Bertz CT molecular complexity index is 974. The summed E-state index contributed by atoms with van der Waals surface area (Å²) in [6.07, 6.45) is 0.354. The molecular formula is C22H24N4O4. The van der Waals surface area contributed by atoms with E-state index in [0.717, 1.165) is 6.92 Å². The van der Waals surface area contributed by atoms with Crippen molar-refractivity contribution in [2.45, 2.75) is 24.8 Å². The van der Waals surface area contributed by atoms with Gasteiger partial charge in [0.2, 0.25) is 5.91 Å². The van der Waals surface area contributed by atoms with Gasteiger partial charge in [-0.2, -0.15) is 0 Å². The highest BCUT2D eigenvalue weighted by molar-refractivity contribution is 6.09. The van der Waals surface area contributed by atoms with Crippen LogP contribution in [0.5, 0.6) is 0 Å². The van der Waals surface area contributed by atoms with E-state index in [1.165, 1.54) is 0 Å². The Hall–Kier alpha value is -3.52. The van der Waals surface area contributed by atoms with E-state index >= 15 is 0 Å². The third-order valence-electron chi connectivity index (χ3n) is 5.72. The number of carbonyl (C=O) groups excluding carboxylic acids is 2. The molecule has 0 aliphatic carbocycles. The van der Waals surface area contributed by atoms with Crippen LogP contribution in [0.1, 0.15) is 30.4 Å². The summed E-state index contributed by atoms with van der Waals surface area (Å²) in [6, 6.07) is 15.3. The van der Waals surface area contributed by atoms with Crippen LogP contribution in [0.15, 0.2) is 54.6 Å². The van der Waals surface area contributed by atoms with Crippen LogP contribution in [0.25, 0.3) is 0 Å². The van der Waals surface area contributed by atoms with E-state index in [2.05, 4.69) is 0 Å². The van der Waals surface area contributed by atoms with E-state index in [4.69, 9.17) is 16.9 Å². The normalized spacial score (nSPS) is 19.2. The molecule has 2 aromatic rings. The molecule has 2 aromatic carbocycles. The molecule has 1 fully saturated rings. The molecule has 0 saturated carbocycles. The lowest BCUT2D eigenvalue weighted by atomic mass is 9.69. The van der Waals surface area contributed by atoms with Gasteiger partial charge in [-0.3, -0.25) is 15.0 Å². The molecule has 156 valence electrons. The summed E-state index contributed by atoms with van der Waals surface area (Å²) >= 11 is 0. The fraction of sp³-hybridized carbons (Fsp3) is 0.273. The molecule has 3 atom stereocenters. The molecule has 1 aliphatic heterocycles. The smallest absolute Gasteiger partial charge is 0.332 e. The topological polar surface area (TPSA) is 151 Å². The van der Waals surface area contributed by atoms with Gasteiger partial charge in [-0.25, -0.2) is 4.79 Å². The second-order valence-corrected chi connectivity index (χ2v) is 7.46. The van der Waals surface area contributed by atoms with E-state index in [-0.39, 0.29) is 11.7 Å². The van der Waals surface area contributed by atoms with E-state index < -0.39 is 29.1 Å². The van der Waals surface area contributed by atoms with Gasteiger partial charge in [0.15, 0.2) is 11.3 Å². The standard InChI is InChI=1S/C22H24N4O4/c1-13(27)22(25,21(29)30)18(14-5-3-2-4-6-14)17-11-12-26(20(17)28)16-9-7-15(8-10-16)19(23)24/h2-10,17-18H,11-12,25H2,1H3,(H3,23,24)(H,29,30). The maximum Gasteiger partial charge on any atom is 0.332 e. The first-order valence-electron chi connectivity index (χ1n) is 9.52. The molecule has 0 bridgehead atoms. The molecule has 0 radical (unpaired) electrons. The molecule has 1 aliphatic rings. The summed E-state index contributed by atoms with van der Waals surface area (Å²) in [6.45, 7) is 1.50. The highest BCUT2D eigenvalue weighted by Gasteiger charge is 2.54. The van der Waals surface area contributed by atoms with Gasteiger partial charge in [0.1, 0.15) is 5.84 Å². The molecule has 1 saturated heterocycles. The number of Topliss-reactive ketones (excluding diaryl/α,β-unsaturated/α-hetero) is 1. The molecule has 1 amide bonds. The highest BCUT2D eigenvalue weighted by atomic mass is 16.4. The number of ketones is 1. The van der Waals surface area contributed by atoms with Crippen LogP contribution in [0, 0.1) is 11.3 Å². The van der Waals surface area contributed by atoms with Crippen LogP contribution in [0.2, 0.25) is 0 Å². The van der Waals surface area contributed by atoms with Gasteiger partial charge in [-0.1, -0.05) is 30.3 Å². The SMILES string of the molecule is CC(=O)C(N)(C(=O)O)C(c1ccccc1)C1CCN(c2ccc(C(=N)N)cc2)C1=O. The number of amides is 1. The predicted molar refractivity (Wildman–Crippen MR) is 112 cm³/mol. The Morgan fingerprint density at radius 3 is 2.27 bits per heavy atom. The third-order valence-corrected chi connectivity index (χ3v) is 5.72. The van der Waals surface area contributed by atoms with Crippen molar-refractivity contribution in [3.8, 4) is 0 Å². The van der Waals surface area contributed by atoms with Gasteiger partial charge in [-0.15, -0.1) is 0 Å². The molecule has 3 unspecified atom stereocenters. The molecule has 30 heavy (non-hydrogen) atoms. The lowest BCUT2D eigenvalue weighted by Crippen LogP contribution is -2.60. The van der Waals surface area contributed by atoms with Crippen molar-refractivity contribution in [1.82, 2.24) is 0 Å². The Kier molecular flexibility index (Phi) is 5.71. The largest absolute Gasteiger partial charge is 0.480 e. The molecular weight excluding hydrogens is 384 g/mol. The van der Waals surface area contributed by atoms with Crippen molar-refractivity contribution in [2.24, 2.45) is 17.4 Å². The highest BCUT2D eigenvalue weighted by Crippen LogP contribution is 2.41. The summed E-state index contributed by atoms with van der Waals surface area (Å²) in [5, 5.41) is 17.3. The van der Waals surface area contributed by atoms with Crippen molar-refractivity contribution in [2.75, 3.05) is 11.4 Å². The van der Waals surface area contributed by atoms with Gasteiger partial charge in [0.05, 0.1) is 0 Å². The summed E-state index contributed by atoms with van der Waals surface area (Å²) in [5.74, 6) is -4.32. The summed E-state index contributed by atoms with van der Waals surface area (Å²) in [4.78, 5) is 39.3. The zero-order chi connectivity index (χ0) is 22.1. The van der Waals surface area contributed by atoms with Crippen LogP contribution < -0.4 is 16.4 Å². The maximum absolute atomic E-state index is 13.3. The second kappa shape index (κ2) is 8.08. The first kappa shape index (κ1) is 21.2. The predicted octanol–water partition coefficient (Wildman–Crippen LogP) is 1.48. The first-order valence-corrected chi connectivity index (χ1v) is 9.52. The second-order valence-electron chi connectivity index (χ2n) is 7.46. The van der Waals surface area contributed by atoms with Crippen LogP contribution in [-0.2, 0) is 14.4 Å². The molecule has 1 heterocycles. The van der Waals surface area contributed by atoms with Gasteiger partial charge in [0.25, 0.3) is 0 Å². The van der Waals surface area contributed by atoms with Gasteiger partial charge >= 0.3 is 5.97 Å². The van der Waals surface area contributed by atoms with Crippen molar-refractivity contribution in [1.29, 1.82) is 5.41 Å². The number of anilines is 1. The number of amidine groups is 1. The first-order chi connectivity index (χ1) is 14.2. The number of carboxylic acids is 1. The maximum atomic E-state index is 13.3. The quantitative estimate of drug-likeness (QED) is 0.309. The number of aliphatic carboxylic acids is 1. The number of nitrogens with two attached hydrogens (primary N) is 2. The Morgan fingerprint density at radius 2 is 1.77 bits per heavy atom. The Labute approximate surface area is 174 Å². The number of rotatable bonds is 7. The van der Waals surface area contributed by atoms with E-state index in [0.29, 0.717) is 29.8 Å². The number of nitrogens with zero attached hydrogens (tertiary/aromatic N) is 1. The zero-order valence-corrected chi connectivity index (χ0v) is 16.5. The lowest BCUT2D eigenvalue weighted by molar-refractivity contribution is -0.149. The number of nitrogens with one attached hydrogen (secondary N) is 1. The molecule has 8 heteroatoms. The van der Waals surface area contributed by atoms with Gasteiger partial charge < -0.3 is 21.5 Å². The molecule has 6 N–H and O–H groups in total. The minimum atomic E-state index is -2.23. The number of benzene rings is 2. The summed E-state index contributed by atoms with van der Waals surface area (Å²) in [5.41, 5.74) is 11.1.